The Balaban J connectivity index is 1.46. The number of rotatable bonds is 6. The highest BCUT2D eigenvalue weighted by Gasteiger charge is 2.28. The van der Waals surface area contributed by atoms with Crippen LogP contribution in [0.3, 0.4) is 0 Å². The van der Waals surface area contributed by atoms with E-state index < -0.39 is 15.8 Å². The van der Waals surface area contributed by atoms with Crippen LogP contribution >= 0.6 is 0 Å². The highest BCUT2D eigenvalue weighted by molar-refractivity contribution is 7.89. The van der Waals surface area contributed by atoms with Crippen LogP contribution in [0.2, 0.25) is 0 Å². The summed E-state index contributed by atoms with van der Waals surface area (Å²) in [5, 5.41) is 0.876. The molecular formula is C22H24FN3O4S. The molecule has 9 heteroatoms. The van der Waals surface area contributed by atoms with Crippen LogP contribution in [-0.4, -0.2) is 63.0 Å². The van der Waals surface area contributed by atoms with E-state index in [1.165, 1.54) is 16.4 Å². The summed E-state index contributed by atoms with van der Waals surface area (Å²) in [6.07, 6.45) is 0. The molecule has 0 atom stereocenters. The van der Waals surface area contributed by atoms with E-state index in [2.05, 4.69) is 4.90 Å². The Morgan fingerprint density at radius 3 is 2.32 bits per heavy atom. The topological polar surface area (TPSA) is 72.0 Å². The minimum Gasteiger partial charge on any atom is -0.497 e. The fourth-order valence-electron chi connectivity index (χ4n) is 3.72. The molecule has 0 aliphatic carbocycles. The Morgan fingerprint density at radius 1 is 0.968 bits per heavy atom. The number of sulfonamides is 1. The fourth-order valence-corrected chi connectivity index (χ4v) is 5.14. The van der Waals surface area contributed by atoms with Crippen LogP contribution in [0, 0.1) is 5.82 Å². The molecule has 1 aliphatic rings. The molecule has 1 fully saturated rings. The van der Waals surface area contributed by atoms with Crippen molar-refractivity contribution in [2.24, 2.45) is 0 Å². The summed E-state index contributed by atoms with van der Waals surface area (Å²) in [5.74, 6) is 0.996. The summed E-state index contributed by atoms with van der Waals surface area (Å²) in [5.41, 5.74) is 1.66. The highest BCUT2D eigenvalue weighted by Crippen LogP contribution is 2.29. The molecule has 1 aliphatic heterocycles. The largest absolute Gasteiger partial charge is 0.497 e. The summed E-state index contributed by atoms with van der Waals surface area (Å²) >= 11 is 0. The molecule has 2 aromatic carbocycles. The van der Waals surface area contributed by atoms with E-state index in [0.29, 0.717) is 32.7 Å². The second-order valence-electron chi connectivity index (χ2n) is 7.33. The van der Waals surface area contributed by atoms with E-state index >= 15 is 0 Å². The third kappa shape index (κ3) is 4.48. The normalized spacial score (nSPS) is 15.8. The van der Waals surface area contributed by atoms with Crippen molar-refractivity contribution >= 4 is 20.9 Å². The molecule has 4 rings (SSSR count). The Morgan fingerprint density at radius 2 is 1.68 bits per heavy atom. The first kappa shape index (κ1) is 21.5. The molecule has 3 aromatic rings. The highest BCUT2D eigenvalue weighted by atomic mass is 32.2. The van der Waals surface area contributed by atoms with Crippen molar-refractivity contribution in [3.05, 3.63) is 60.0 Å². The minimum atomic E-state index is -3.63. The van der Waals surface area contributed by atoms with Gasteiger partial charge in [0.1, 0.15) is 17.3 Å². The minimum absolute atomic E-state index is 0.110. The number of methoxy groups -OCH3 is 2. The second kappa shape index (κ2) is 8.78. The second-order valence-corrected chi connectivity index (χ2v) is 9.27. The molecule has 31 heavy (non-hydrogen) atoms. The molecule has 1 aromatic heterocycles. The van der Waals surface area contributed by atoms with Crippen LogP contribution in [0.15, 0.2) is 53.4 Å². The van der Waals surface area contributed by atoms with Gasteiger partial charge < -0.3 is 9.47 Å². The van der Waals surface area contributed by atoms with Crippen molar-refractivity contribution < 1.29 is 22.3 Å². The van der Waals surface area contributed by atoms with Gasteiger partial charge in [-0.3, -0.25) is 9.88 Å². The van der Waals surface area contributed by atoms with Gasteiger partial charge in [0.05, 0.1) is 30.3 Å². The van der Waals surface area contributed by atoms with Crippen molar-refractivity contribution in [3.8, 4) is 11.5 Å². The summed E-state index contributed by atoms with van der Waals surface area (Å²) in [6.45, 7) is 2.46. The van der Waals surface area contributed by atoms with Crippen molar-refractivity contribution in [2.75, 3.05) is 40.4 Å². The number of nitrogens with zero attached hydrogens (tertiary/aromatic N) is 3. The SMILES string of the molecule is COc1ccc2nc(CN3CCN(S(=O)(=O)c4ccc(F)cc4)CC3)cc(OC)c2c1. The zero-order valence-electron chi connectivity index (χ0n) is 17.4. The van der Waals surface area contributed by atoms with E-state index in [-0.39, 0.29) is 4.90 Å². The van der Waals surface area contributed by atoms with Gasteiger partial charge in [-0.05, 0) is 42.5 Å². The number of aromatic nitrogens is 1. The standard InChI is InChI=1S/C22H24FN3O4S/c1-29-18-5-8-21-20(14-18)22(30-2)13-17(24-21)15-25-9-11-26(12-10-25)31(27,28)19-6-3-16(23)4-7-19/h3-8,13-14H,9-12,15H2,1-2H3. The van der Waals surface area contributed by atoms with Gasteiger partial charge in [0.15, 0.2) is 0 Å². The number of pyridine rings is 1. The molecule has 164 valence electrons. The smallest absolute Gasteiger partial charge is 0.243 e. The van der Waals surface area contributed by atoms with Crippen molar-refractivity contribution in [1.82, 2.24) is 14.2 Å². The molecule has 2 heterocycles. The molecule has 0 radical (unpaired) electrons. The summed E-state index contributed by atoms with van der Waals surface area (Å²) in [4.78, 5) is 7.00. The van der Waals surface area contributed by atoms with Gasteiger partial charge in [-0.25, -0.2) is 12.8 Å². The number of fused-ring (bicyclic) bond motifs is 1. The molecule has 0 saturated carbocycles. The van der Waals surface area contributed by atoms with E-state index in [1.807, 2.05) is 24.3 Å². The fraction of sp³-hybridized carbons (Fsp3) is 0.318. The van der Waals surface area contributed by atoms with Gasteiger partial charge in [-0.15, -0.1) is 0 Å². The number of hydrogen-bond acceptors (Lipinski definition) is 6. The van der Waals surface area contributed by atoms with E-state index in [4.69, 9.17) is 14.5 Å². The first-order valence-corrected chi connectivity index (χ1v) is 11.3. The lowest BCUT2D eigenvalue weighted by Crippen LogP contribution is -2.48. The van der Waals surface area contributed by atoms with E-state index in [0.717, 1.165) is 40.2 Å². The van der Waals surface area contributed by atoms with E-state index in [9.17, 15) is 12.8 Å². The van der Waals surface area contributed by atoms with Gasteiger partial charge in [-0.2, -0.15) is 4.31 Å². The van der Waals surface area contributed by atoms with Crippen LogP contribution < -0.4 is 9.47 Å². The molecule has 0 spiro atoms. The number of ether oxygens (including phenoxy) is 2. The van der Waals surface area contributed by atoms with Gasteiger partial charge >= 0.3 is 0 Å². The van der Waals surface area contributed by atoms with Crippen LogP contribution in [0.1, 0.15) is 5.69 Å². The lowest BCUT2D eigenvalue weighted by atomic mass is 10.1. The van der Waals surface area contributed by atoms with Crippen LogP contribution in [0.4, 0.5) is 4.39 Å². The average Bonchev–Trinajstić information content (AvgIpc) is 2.79. The number of benzene rings is 2. The molecule has 0 amide bonds. The zero-order chi connectivity index (χ0) is 22.0. The Labute approximate surface area is 181 Å². The van der Waals surface area contributed by atoms with Crippen molar-refractivity contribution in [1.29, 1.82) is 0 Å². The monoisotopic (exact) mass is 445 g/mol. The van der Waals surface area contributed by atoms with Crippen molar-refractivity contribution in [3.63, 3.8) is 0 Å². The maximum absolute atomic E-state index is 13.1. The Bertz CT molecular complexity index is 1180. The van der Waals surface area contributed by atoms with Gasteiger partial charge in [0.25, 0.3) is 0 Å². The van der Waals surface area contributed by atoms with E-state index in [1.54, 1.807) is 14.2 Å². The first-order chi connectivity index (χ1) is 14.9. The lowest BCUT2D eigenvalue weighted by Gasteiger charge is -2.33. The van der Waals surface area contributed by atoms with Gasteiger partial charge in [-0.1, -0.05) is 0 Å². The third-order valence-corrected chi connectivity index (χ3v) is 7.33. The molecule has 0 unspecified atom stereocenters. The van der Waals surface area contributed by atoms with Crippen LogP contribution in [0.25, 0.3) is 10.9 Å². The van der Waals surface area contributed by atoms with Crippen LogP contribution in [0.5, 0.6) is 11.5 Å². The van der Waals surface area contributed by atoms with Crippen LogP contribution in [-0.2, 0) is 16.6 Å². The number of hydrogen-bond donors (Lipinski definition) is 0. The molecule has 0 bridgehead atoms. The third-order valence-electron chi connectivity index (χ3n) is 5.42. The summed E-state index contributed by atoms with van der Waals surface area (Å²) < 4.78 is 51.0. The Kier molecular flexibility index (Phi) is 6.08. The van der Waals surface area contributed by atoms with Crippen molar-refractivity contribution in [2.45, 2.75) is 11.4 Å². The maximum atomic E-state index is 13.1. The van der Waals surface area contributed by atoms with Gasteiger partial charge in [0, 0.05) is 44.2 Å². The molecular weight excluding hydrogens is 421 g/mol. The zero-order valence-corrected chi connectivity index (χ0v) is 18.2. The predicted molar refractivity (Wildman–Crippen MR) is 115 cm³/mol. The molecule has 1 saturated heterocycles. The number of piperazine rings is 1. The Hall–Kier alpha value is -2.75. The quantitative estimate of drug-likeness (QED) is 0.581. The average molecular weight is 446 g/mol. The molecule has 7 nitrogen and oxygen atoms in total. The predicted octanol–water partition coefficient (Wildman–Crippen LogP) is 2.90. The summed E-state index contributed by atoms with van der Waals surface area (Å²) in [7, 11) is -0.390. The maximum Gasteiger partial charge on any atom is 0.243 e. The lowest BCUT2D eigenvalue weighted by molar-refractivity contribution is 0.180. The molecule has 0 N–H and O–H groups in total. The number of halogens is 1. The van der Waals surface area contributed by atoms with Gasteiger partial charge in [0.2, 0.25) is 10.0 Å². The first-order valence-electron chi connectivity index (χ1n) is 9.90. The summed E-state index contributed by atoms with van der Waals surface area (Å²) in [6, 6.07) is 12.5.